The Balaban J connectivity index is 1.63. The normalized spacial score (nSPS) is 32.7. The molecule has 34 heavy (non-hydrogen) atoms. The van der Waals surface area contributed by atoms with Gasteiger partial charge in [-0.25, -0.2) is 0 Å². The first-order valence-corrected chi connectivity index (χ1v) is 11.3. The minimum absolute atomic E-state index is 0.0382. The summed E-state index contributed by atoms with van der Waals surface area (Å²) < 4.78 is 11.8. The van der Waals surface area contributed by atoms with Crippen LogP contribution in [0.4, 0.5) is 0 Å². The largest absolute Gasteiger partial charge is 0.507 e. The second kappa shape index (κ2) is 7.86. The van der Waals surface area contributed by atoms with Crippen LogP contribution in [0.3, 0.4) is 0 Å². The zero-order valence-electron chi connectivity index (χ0n) is 18.8. The molecule has 9 nitrogen and oxygen atoms in total. The Morgan fingerprint density at radius 2 is 1.68 bits per heavy atom. The molecule has 2 aromatic carbocycles. The van der Waals surface area contributed by atoms with Crippen LogP contribution in [0, 0.1) is 0 Å². The molecule has 6 atom stereocenters. The number of phenols is 2. The molecule has 0 spiro atoms. The maximum absolute atomic E-state index is 13.3. The smallest absolute Gasteiger partial charge is 0.198 e. The van der Waals surface area contributed by atoms with E-state index in [1.807, 2.05) is 0 Å². The van der Waals surface area contributed by atoms with E-state index in [2.05, 4.69) is 0 Å². The number of aliphatic hydroxyl groups is 2. The van der Waals surface area contributed by atoms with E-state index in [-0.39, 0.29) is 52.6 Å². The van der Waals surface area contributed by atoms with Gasteiger partial charge in [-0.2, -0.15) is 0 Å². The standard InChI is InChI=1S/C25H27NO8/c1-10-20(27)14(26)7-16(33-10)34-15-9-25(2,32)8-13-17(15)24(31)19-18(23(13)30)21(28)11-5-3-4-6-12(11)22(19)29/h3-6,10,14-16,20,27,30-32H,7-9,26H2,1-2H3/t10-,14+,15+,16+,20+,25?/m1/s1. The first kappa shape index (κ1) is 22.9. The van der Waals surface area contributed by atoms with E-state index >= 15 is 0 Å². The summed E-state index contributed by atoms with van der Waals surface area (Å²) in [6.07, 6.45) is -3.13. The maximum atomic E-state index is 13.3. The predicted octanol–water partition coefficient (Wildman–Crippen LogP) is 1.45. The number of ketones is 2. The number of ether oxygens (including phenoxy) is 2. The van der Waals surface area contributed by atoms with Gasteiger partial charge in [0.15, 0.2) is 17.9 Å². The number of phenolic OH excluding ortho intramolecular Hbond substituents is 2. The van der Waals surface area contributed by atoms with Crippen LogP contribution in [0.1, 0.15) is 75.8 Å². The summed E-state index contributed by atoms with van der Waals surface area (Å²) in [6.45, 7) is 3.22. The predicted molar refractivity (Wildman–Crippen MR) is 119 cm³/mol. The zero-order valence-corrected chi connectivity index (χ0v) is 18.8. The van der Waals surface area contributed by atoms with Gasteiger partial charge in [-0.15, -0.1) is 0 Å². The molecule has 2 aliphatic carbocycles. The number of aliphatic hydroxyl groups excluding tert-OH is 1. The van der Waals surface area contributed by atoms with Crippen molar-refractivity contribution in [1.29, 1.82) is 0 Å². The van der Waals surface area contributed by atoms with Crippen molar-refractivity contribution in [1.82, 2.24) is 0 Å². The molecule has 0 saturated carbocycles. The van der Waals surface area contributed by atoms with Crippen LogP contribution in [0.5, 0.6) is 11.5 Å². The first-order valence-electron chi connectivity index (χ1n) is 11.3. The highest BCUT2D eigenvalue weighted by Crippen LogP contribution is 2.51. The average molecular weight is 469 g/mol. The van der Waals surface area contributed by atoms with Gasteiger partial charge >= 0.3 is 0 Å². The number of fused-ring (bicyclic) bond motifs is 3. The minimum Gasteiger partial charge on any atom is -0.507 e. The average Bonchev–Trinajstić information content (AvgIpc) is 2.77. The van der Waals surface area contributed by atoms with Crippen LogP contribution < -0.4 is 5.73 Å². The van der Waals surface area contributed by atoms with E-state index < -0.39 is 59.3 Å². The fraction of sp³-hybridized carbons (Fsp3) is 0.440. The molecule has 0 amide bonds. The lowest BCUT2D eigenvalue weighted by molar-refractivity contribution is -0.247. The van der Waals surface area contributed by atoms with Gasteiger partial charge in [0, 0.05) is 47.6 Å². The Labute approximate surface area is 195 Å². The molecular formula is C25H27NO8. The van der Waals surface area contributed by atoms with E-state index in [0.717, 1.165) is 0 Å². The Kier molecular flexibility index (Phi) is 5.30. The van der Waals surface area contributed by atoms with Gasteiger partial charge < -0.3 is 35.6 Å². The van der Waals surface area contributed by atoms with Crippen LogP contribution in [0.2, 0.25) is 0 Å². The summed E-state index contributed by atoms with van der Waals surface area (Å²) in [6, 6.07) is 5.63. The van der Waals surface area contributed by atoms with Crippen molar-refractivity contribution in [3.8, 4) is 11.5 Å². The van der Waals surface area contributed by atoms with Crippen molar-refractivity contribution < 1.29 is 39.5 Å². The first-order chi connectivity index (χ1) is 16.0. The fourth-order valence-corrected chi connectivity index (χ4v) is 5.34. The molecule has 1 aliphatic heterocycles. The molecule has 6 N–H and O–H groups in total. The van der Waals surface area contributed by atoms with Crippen LogP contribution in [0.15, 0.2) is 24.3 Å². The fourth-order valence-electron chi connectivity index (χ4n) is 5.34. The van der Waals surface area contributed by atoms with Crippen molar-refractivity contribution in [2.75, 3.05) is 0 Å². The number of nitrogens with two attached hydrogens (primary N) is 1. The second-order valence-electron chi connectivity index (χ2n) is 9.71. The highest BCUT2D eigenvalue weighted by molar-refractivity contribution is 6.30. The van der Waals surface area contributed by atoms with Crippen molar-refractivity contribution in [3.63, 3.8) is 0 Å². The number of rotatable bonds is 2. The lowest BCUT2D eigenvalue weighted by Gasteiger charge is -2.41. The zero-order chi connectivity index (χ0) is 24.5. The number of benzene rings is 2. The third-order valence-corrected chi connectivity index (χ3v) is 7.03. The molecule has 2 aromatic rings. The lowest BCUT2D eigenvalue weighted by atomic mass is 9.73. The molecule has 180 valence electrons. The van der Waals surface area contributed by atoms with E-state index in [9.17, 15) is 30.0 Å². The summed E-state index contributed by atoms with van der Waals surface area (Å²) in [7, 11) is 0. The Bertz CT molecular complexity index is 1190. The second-order valence-corrected chi connectivity index (χ2v) is 9.71. The monoisotopic (exact) mass is 469 g/mol. The third kappa shape index (κ3) is 3.43. The van der Waals surface area contributed by atoms with E-state index in [1.54, 1.807) is 26.0 Å². The number of hydrogen-bond acceptors (Lipinski definition) is 9. The van der Waals surface area contributed by atoms with Crippen molar-refractivity contribution >= 4 is 11.6 Å². The summed E-state index contributed by atoms with van der Waals surface area (Å²) in [5.41, 5.74) is 4.68. The quantitative estimate of drug-likeness (QED) is 0.350. The van der Waals surface area contributed by atoms with Crippen molar-refractivity contribution in [3.05, 3.63) is 57.6 Å². The van der Waals surface area contributed by atoms with Gasteiger partial charge in [0.2, 0.25) is 0 Å². The van der Waals surface area contributed by atoms with E-state index in [4.69, 9.17) is 15.2 Å². The lowest BCUT2D eigenvalue weighted by Crippen LogP contribution is -2.52. The summed E-state index contributed by atoms with van der Waals surface area (Å²) in [4.78, 5) is 26.5. The molecule has 1 fully saturated rings. The number of carbonyl (C=O) groups excluding carboxylic acids is 2. The van der Waals surface area contributed by atoms with Gasteiger partial charge in [0.05, 0.1) is 35.0 Å². The van der Waals surface area contributed by atoms with E-state index in [1.165, 1.54) is 12.1 Å². The summed E-state index contributed by atoms with van der Waals surface area (Å²) in [5, 5.41) is 43.4. The number of aromatic hydroxyl groups is 2. The molecule has 0 bridgehead atoms. The highest BCUT2D eigenvalue weighted by atomic mass is 16.7. The molecule has 1 heterocycles. The summed E-state index contributed by atoms with van der Waals surface area (Å²) >= 11 is 0. The number of hydrogen-bond donors (Lipinski definition) is 5. The Morgan fingerprint density at radius 3 is 2.26 bits per heavy atom. The molecule has 0 radical (unpaired) electrons. The molecule has 5 rings (SSSR count). The minimum atomic E-state index is -1.34. The maximum Gasteiger partial charge on any atom is 0.198 e. The van der Waals surface area contributed by atoms with Gasteiger partial charge in [0.25, 0.3) is 0 Å². The van der Waals surface area contributed by atoms with Gasteiger partial charge in [-0.3, -0.25) is 9.59 Å². The Hall–Kier alpha value is -2.82. The molecule has 1 unspecified atom stereocenters. The molecular weight excluding hydrogens is 442 g/mol. The van der Waals surface area contributed by atoms with Gasteiger partial charge in [-0.1, -0.05) is 24.3 Å². The van der Waals surface area contributed by atoms with Crippen molar-refractivity contribution in [2.24, 2.45) is 5.73 Å². The van der Waals surface area contributed by atoms with Gasteiger partial charge in [0.1, 0.15) is 11.5 Å². The van der Waals surface area contributed by atoms with Crippen LogP contribution in [-0.2, 0) is 15.9 Å². The Morgan fingerprint density at radius 1 is 1.09 bits per heavy atom. The van der Waals surface area contributed by atoms with Crippen LogP contribution >= 0.6 is 0 Å². The molecule has 1 saturated heterocycles. The highest BCUT2D eigenvalue weighted by Gasteiger charge is 2.45. The molecule has 3 aliphatic rings. The molecule has 0 aromatic heterocycles. The SMILES string of the molecule is C[C@H]1O[C@@H](O[C@H]2CC(C)(O)Cc3c(O)c4c(c(O)c32)C(=O)c2ccccc2C4=O)C[C@H](N)[C@H]1O. The third-order valence-electron chi connectivity index (χ3n) is 7.03. The van der Waals surface area contributed by atoms with Gasteiger partial charge in [-0.05, 0) is 13.8 Å². The van der Waals surface area contributed by atoms with E-state index in [0.29, 0.717) is 0 Å². The molecule has 9 heteroatoms. The van der Waals surface area contributed by atoms with Crippen LogP contribution in [0.25, 0.3) is 0 Å². The topological polar surface area (TPSA) is 160 Å². The summed E-state index contributed by atoms with van der Waals surface area (Å²) in [5.74, 6) is -2.06. The van der Waals surface area contributed by atoms with Crippen molar-refractivity contribution in [2.45, 2.75) is 69.4 Å². The number of carbonyl (C=O) groups is 2. The van der Waals surface area contributed by atoms with Crippen LogP contribution in [-0.4, -0.2) is 62.1 Å².